The summed E-state index contributed by atoms with van der Waals surface area (Å²) in [6.07, 6.45) is 3.12. The first-order chi connectivity index (χ1) is 15.2. The van der Waals surface area contributed by atoms with E-state index in [1.54, 1.807) is 10.6 Å². The molecule has 0 spiro atoms. The highest BCUT2D eigenvalue weighted by Crippen LogP contribution is 2.48. The predicted molar refractivity (Wildman–Crippen MR) is 122 cm³/mol. The molecule has 4 heterocycles. The van der Waals surface area contributed by atoms with Crippen molar-refractivity contribution in [2.24, 2.45) is 5.92 Å². The molecule has 2 bridgehead atoms. The van der Waals surface area contributed by atoms with E-state index in [0.717, 1.165) is 23.7 Å². The summed E-state index contributed by atoms with van der Waals surface area (Å²) in [7, 11) is 2.23. The second-order valence-corrected chi connectivity index (χ2v) is 9.10. The molecule has 0 aliphatic carbocycles. The van der Waals surface area contributed by atoms with Gasteiger partial charge in [-0.15, -0.1) is 0 Å². The molecule has 4 unspecified atom stereocenters. The molecular weight excluding hydrogens is 386 g/mol. The van der Waals surface area contributed by atoms with E-state index >= 15 is 0 Å². The Bertz CT molecular complexity index is 1170. The Morgan fingerprint density at radius 2 is 1.90 bits per heavy atom. The fourth-order valence-electron chi connectivity index (χ4n) is 5.86. The molecule has 2 fully saturated rings. The van der Waals surface area contributed by atoms with Gasteiger partial charge in [-0.25, -0.2) is 0 Å². The van der Waals surface area contributed by atoms with Crippen LogP contribution in [0.3, 0.4) is 0 Å². The van der Waals surface area contributed by atoms with Crippen LogP contribution in [0.25, 0.3) is 5.69 Å². The number of nitrogens with zero attached hydrogens (tertiary/aromatic N) is 3. The molecule has 3 aromatic rings. The Kier molecular flexibility index (Phi) is 4.39. The summed E-state index contributed by atoms with van der Waals surface area (Å²) in [5, 5.41) is 0. The van der Waals surface area contributed by atoms with Crippen LogP contribution in [0, 0.1) is 5.92 Å². The number of ether oxygens (including phenoxy) is 1. The van der Waals surface area contributed by atoms with E-state index in [2.05, 4.69) is 35.0 Å². The standard InChI is InChI=1S/C26H27N3O2/c1-27-24-13-20(7-8-22(24)23-16-28-11-9-19(15-28)26(23)27)29-12-10-21(14-25(29)30)31-17-18-5-3-2-4-6-18/h2-8,10,12-14,19,23,26H,9,11,15-17H2,1H3. The molecule has 1 aromatic heterocycles. The maximum absolute atomic E-state index is 12.9. The van der Waals surface area contributed by atoms with Gasteiger partial charge in [0.15, 0.2) is 0 Å². The lowest BCUT2D eigenvalue weighted by Crippen LogP contribution is -2.46. The van der Waals surface area contributed by atoms with E-state index in [1.807, 2.05) is 42.6 Å². The zero-order valence-corrected chi connectivity index (χ0v) is 17.8. The number of likely N-dealkylation sites (N-methyl/N-ethyl adjacent to an activating group) is 1. The molecule has 2 aromatic carbocycles. The Morgan fingerprint density at radius 1 is 1.03 bits per heavy atom. The normalized spacial score (nSPS) is 25.9. The first kappa shape index (κ1) is 18.7. The fraction of sp³-hybridized carbons (Fsp3) is 0.346. The number of hydrogen-bond donors (Lipinski definition) is 0. The summed E-state index contributed by atoms with van der Waals surface area (Å²) in [5.74, 6) is 1.93. The zero-order chi connectivity index (χ0) is 20.9. The van der Waals surface area contributed by atoms with Crippen molar-refractivity contribution in [2.45, 2.75) is 25.0 Å². The number of benzene rings is 2. The number of piperidine rings is 1. The number of aromatic nitrogens is 1. The Labute approximate surface area is 182 Å². The van der Waals surface area contributed by atoms with Gasteiger partial charge in [-0.2, -0.15) is 0 Å². The van der Waals surface area contributed by atoms with Crippen LogP contribution in [0.5, 0.6) is 5.75 Å². The van der Waals surface area contributed by atoms with Crippen molar-refractivity contribution in [1.29, 1.82) is 0 Å². The first-order valence-electron chi connectivity index (χ1n) is 11.2. The molecule has 3 aliphatic rings. The number of fused-ring (bicyclic) bond motifs is 6. The summed E-state index contributed by atoms with van der Waals surface area (Å²) in [4.78, 5) is 17.9. The van der Waals surface area contributed by atoms with Crippen molar-refractivity contribution in [2.75, 3.05) is 31.6 Å². The molecule has 31 heavy (non-hydrogen) atoms. The molecule has 2 saturated heterocycles. The summed E-state index contributed by atoms with van der Waals surface area (Å²) >= 11 is 0. The molecule has 0 radical (unpaired) electrons. The van der Waals surface area contributed by atoms with E-state index in [4.69, 9.17) is 4.74 Å². The van der Waals surface area contributed by atoms with Crippen LogP contribution in [0.15, 0.2) is 71.7 Å². The van der Waals surface area contributed by atoms with Crippen molar-refractivity contribution in [3.05, 3.63) is 88.3 Å². The molecular formula is C26H27N3O2. The molecule has 6 rings (SSSR count). The zero-order valence-electron chi connectivity index (χ0n) is 17.8. The van der Waals surface area contributed by atoms with Crippen molar-refractivity contribution in [1.82, 2.24) is 9.47 Å². The highest BCUT2D eigenvalue weighted by Gasteiger charge is 2.48. The van der Waals surface area contributed by atoms with Gasteiger partial charge in [0.2, 0.25) is 0 Å². The summed E-state index contributed by atoms with van der Waals surface area (Å²) in [5.41, 5.74) is 4.63. The molecule has 3 aliphatic heterocycles. The second kappa shape index (κ2) is 7.27. The van der Waals surface area contributed by atoms with Gasteiger partial charge >= 0.3 is 0 Å². The van der Waals surface area contributed by atoms with E-state index in [9.17, 15) is 4.79 Å². The van der Waals surface area contributed by atoms with Gasteiger partial charge in [-0.3, -0.25) is 9.36 Å². The van der Waals surface area contributed by atoms with E-state index < -0.39 is 0 Å². The molecule has 4 atom stereocenters. The van der Waals surface area contributed by atoms with Crippen LogP contribution in [0.1, 0.15) is 23.5 Å². The van der Waals surface area contributed by atoms with Crippen LogP contribution in [0.2, 0.25) is 0 Å². The van der Waals surface area contributed by atoms with E-state index in [0.29, 0.717) is 24.3 Å². The van der Waals surface area contributed by atoms with Gasteiger partial charge in [0, 0.05) is 50.0 Å². The maximum atomic E-state index is 12.9. The summed E-state index contributed by atoms with van der Waals surface area (Å²) in [6.45, 7) is 4.09. The number of pyridine rings is 1. The largest absolute Gasteiger partial charge is 0.489 e. The molecule has 0 amide bonds. The highest BCUT2D eigenvalue weighted by molar-refractivity contribution is 5.66. The van der Waals surface area contributed by atoms with Crippen molar-refractivity contribution < 1.29 is 4.74 Å². The lowest BCUT2D eigenvalue weighted by Gasteiger charge is -2.37. The van der Waals surface area contributed by atoms with Crippen molar-refractivity contribution >= 4 is 5.69 Å². The van der Waals surface area contributed by atoms with Gasteiger partial charge in [0.05, 0.1) is 5.69 Å². The SMILES string of the molecule is CN1c2cc(-n3ccc(OCc4ccccc4)cc3=O)ccc2C2CN3CCC(C3)C21. The van der Waals surface area contributed by atoms with Crippen LogP contribution < -0.4 is 15.2 Å². The topological polar surface area (TPSA) is 37.7 Å². The Hall–Kier alpha value is -3.05. The van der Waals surface area contributed by atoms with Gasteiger partial charge in [0.1, 0.15) is 12.4 Å². The van der Waals surface area contributed by atoms with Gasteiger partial charge in [-0.1, -0.05) is 36.4 Å². The average Bonchev–Trinajstić information content (AvgIpc) is 3.31. The third-order valence-corrected chi connectivity index (χ3v) is 7.32. The Morgan fingerprint density at radius 3 is 2.74 bits per heavy atom. The quantitative estimate of drug-likeness (QED) is 0.654. The third kappa shape index (κ3) is 3.15. The minimum atomic E-state index is -0.0752. The fourth-order valence-corrected chi connectivity index (χ4v) is 5.86. The van der Waals surface area contributed by atoms with E-state index in [1.165, 1.54) is 30.8 Å². The van der Waals surface area contributed by atoms with Crippen LogP contribution in [-0.2, 0) is 6.61 Å². The van der Waals surface area contributed by atoms with Gasteiger partial charge in [-0.05, 0) is 48.2 Å². The molecule has 5 heteroatoms. The monoisotopic (exact) mass is 413 g/mol. The minimum Gasteiger partial charge on any atom is -0.489 e. The smallest absolute Gasteiger partial charge is 0.258 e. The minimum absolute atomic E-state index is 0.0752. The molecule has 0 N–H and O–H groups in total. The lowest BCUT2D eigenvalue weighted by atomic mass is 9.84. The Balaban J connectivity index is 1.26. The van der Waals surface area contributed by atoms with Gasteiger partial charge in [0.25, 0.3) is 5.56 Å². The van der Waals surface area contributed by atoms with Crippen molar-refractivity contribution in [3.63, 3.8) is 0 Å². The number of hydrogen-bond acceptors (Lipinski definition) is 4. The molecule has 0 saturated carbocycles. The first-order valence-corrected chi connectivity index (χ1v) is 11.2. The second-order valence-electron chi connectivity index (χ2n) is 9.10. The molecule has 158 valence electrons. The summed E-state index contributed by atoms with van der Waals surface area (Å²) in [6, 6.07) is 20.5. The predicted octanol–water partition coefficient (Wildman–Crippen LogP) is 3.65. The summed E-state index contributed by atoms with van der Waals surface area (Å²) < 4.78 is 7.53. The van der Waals surface area contributed by atoms with Crippen molar-refractivity contribution in [3.8, 4) is 11.4 Å². The third-order valence-electron chi connectivity index (χ3n) is 7.32. The maximum Gasteiger partial charge on any atom is 0.258 e. The van der Waals surface area contributed by atoms with E-state index in [-0.39, 0.29) is 5.56 Å². The van der Waals surface area contributed by atoms with Crippen LogP contribution in [0.4, 0.5) is 5.69 Å². The lowest BCUT2D eigenvalue weighted by molar-refractivity contribution is 0.223. The van der Waals surface area contributed by atoms with Crippen LogP contribution in [-0.4, -0.2) is 42.2 Å². The number of rotatable bonds is 4. The highest BCUT2D eigenvalue weighted by atomic mass is 16.5. The van der Waals surface area contributed by atoms with Gasteiger partial charge < -0.3 is 14.5 Å². The average molecular weight is 414 g/mol. The number of anilines is 1. The van der Waals surface area contributed by atoms with Crippen LogP contribution >= 0.6 is 0 Å². The molecule has 5 nitrogen and oxygen atoms in total.